The maximum absolute atomic E-state index is 12.1. The van der Waals surface area contributed by atoms with Crippen molar-refractivity contribution in [3.8, 4) is 22.9 Å². The zero-order chi connectivity index (χ0) is 15.5. The number of hydrogen-bond acceptors (Lipinski definition) is 3. The normalized spacial score (nSPS) is 10.1. The molecule has 0 aliphatic rings. The second-order valence-electron chi connectivity index (χ2n) is 4.91. The van der Waals surface area contributed by atoms with Crippen LogP contribution in [0.2, 0.25) is 0 Å². The number of rotatable bonds is 2. The third-order valence-corrected chi connectivity index (χ3v) is 3.41. The van der Waals surface area contributed by atoms with Gasteiger partial charge in [0.2, 0.25) is 0 Å². The summed E-state index contributed by atoms with van der Waals surface area (Å²) >= 11 is 0. The number of nitrogens with two attached hydrogens (primary N) is 1. The van der Waals surface area contributed by atoms with Crippen molar-refractivity contribution in [1.29, 1.82) is 5.26 Å². The predicted molar refractivity (Wildman–Crippen MR) is 86.6 cm³/mol. The van der Waals surface area contributed by atoms with Crippen LogP contribution in [0.25, 0.3) is 16.8 Å². The van der Waals surface area contributed by atoms with E-state index in [1.807, 2.05) is 24.3 Å². The average Bonchev–Trinajstić information content (AvgIpc) is 2.55. The van der Waals surface area contributed by atoms with Crippen LogP contribution in [0.5, 0.6) is 0 Å². The Balaban J connectivity index is 2.10. The molecule has 3 aromatic rings. The lowest BCUT2D eigenvalue weighted by molar-refractivity contribution is 0.993. The Morgan fingerprint density at radius 2 is 1.68 bits per heavy atom. The molecule has 0 saturated carbocycles. The molecule has 0 aliphatic heterocycles. The second-order valence-corrected chi connectivity index (χ2v) is 4.91. The molecule has 4 heteroatoms. The van der Waals surface area contributed by atoms with E-state index in [1.54, 1.807) is 41.1 Å². The molecule has 0 saturated heterocycles. The fraction of sp³-hybridized carbons (Fsp3) is 0. The standard InChI is InChI=1S/C18H13N3O/c19-11-13-4-6-14(7-5-13)15-8-9-18(22)21(12-15)17-3-1-2-16(20)10-17/h1-10,12H,20H2. The van der Waals surface area contributed by atoms with Crippen LogP contribution in [-0.4, -0.2) is 4.57 Å². The average molecular weight is 287 g/mol. The van der Waals surface area contributed by atoms with Crippen molar-refractivity contribution >= 4 is 5.69 Å². The van der Waals surface area contributed by atoms with Crippen molar-refractivity contribution in [3.63, 3.8) is 0 Å². The first-order chi connectivity index (χ1) is 10.7. The van der Waals surface area contributed by atoms with Crippen LogP contribution in [0.1, 0.15) is 5.56 Å². The van der Waals surface area contributed by atoms with Gasteiger partial charge in [-0.1, -0.05) is 18.2 Å². The van der Waals surface area contributed by atoms with Gasteiger partial charge in [0, 0.05) is 18.0 Å². The molecule has 106 valence electrons. The van der Waals surface area contributed by atoms with E-state index in [9.17, 15) is 4.79 Å². The molecule has 2 aromatic carbocycles. The molecule has 0 radical (unpaired) electrons. The minimum absolute atomic E-state index is 0.122. The van der Waals surface area contributed by atoms with E-state index < -0.39 is 0 Å². The van der Waals surface area contributed by atoms with E-state index in [2.05, 4.69) is 6.07 Å². The number of benzene rings is 2. The summed E-state index contributed by atoms with van der Waals surface area (Å²) in [5.74, 6) is 0. The molecule has 2 N–H and O–H groups in total. The summed E-state index contributed by atoms with van der Waals surface area (Å²) in [7, 11) is 0. The van der Waals surface area contributed by atoms with Crippen molar-refractivity contribution in [2.45, 2.75) is 0 Å². The van der Waals surface area contributed by atoms with Gasteiger partial charge in [0.05, 0.1) is 17.3 Å². The highest BCUT2D eigenvalue weighted by Gasteiger charge is 2.04. The van der Waals surface area contributed by atoms with Gasteiger partial charge in [0.15, 0.2) is 0 Å². The first kappa shape index (κ1) is 13.7. The highest BCUT2D eigenvalue weighted by molar-refractivity contribution is 5.64. The third kappa shape index (κ3) is 2.60. The monoisotopic (exact) mass is 287 g/mol. The predicted octanol–water partition coefficient (Wildman–Crippen LogP) is 2.96. The van der Waals surface area contributed by atoms with Crippen LogP contribution >= 0.6 is 0 Å². The fourth-order valence-corrected chi connectivity index (χ4v) is 2.27. The van der Waals surface area contributed by atoms with Crippen LogP contribution in [0, 0.1) is 11.3 Å². The zero-order valence-corrected chi connectivity index (χ0v) is 11.7. The number of nitrogens with zero attached hydrogens (tertiary/aromatic N) is 2. The minimum Gasteiger partial charge on any atom is -0.399 e. The molecule has 0 fully saturated rings. The van der Waals surface area contributed by atoms with Crippen molar-refractivity contribution in [2.24, 2.45) is 0 Å². The Labute approximate surface area is 127 Å². The topological polar surface area (TPSA) is 71.8 Å². The first-order valence-electron chi connectivity index (χ1n) is 6.76. The Morgan fingerprint density at radius 3 is 2.36 bits per heavy atom. The summed E-state index contributed by atoms with van der Waals surface area (Å²) in [6, 6.07) is 19.8. The van der Waals surface area contributed by atoms with E-state index in [4.69, 9.17) is 11.0 Å². The third-order valence-electron chi connectivity index (χ3n) is 3.41. The quantitative estimate of drug-likeness (QED) is 0.736. The lowest BCUT2D eigenvalue weighted by Gasteiger charge is -2.09. The molecule has 1 heterocycles. The van der Waals surface area contributed by atoms with Crippen molar-refractivity contribution < 1.29 is 0 Å². The molecule has 3 rings (SSSR count). The Kier molecular flexibility index (Phi) is 3.47. The number of aromatic nitrogens is 1. The molecule has 0 atom stereocenters. The van der Waals surface area contributed by atoms with Crippen LogP contribution in [-0.2, 0) is 0 Å². The van der Waals surface area contributed by atoms with Crippen molar-refractivity contribution in [1.82, 2.24) is 4.57 Å². The molecule has 0 bridgehead atoms. The lowest BCUT2D eigenvalue weighted by atomic mass is 10.1. The van der Waals surface area contributed by atoms with Crippen molar-refractivity contribution in [3.05, 3.63) is 82.8 Å². The van der Waals surface area contributed by atoms with Crippen LogP contribution < -0.4 is 11.3 Å². The zero-order valence-electron chi connectivity index (χ0n) is 11.7. The van der Waals surface area contributed by atoms with Crippen molar-refractivity contribution in [2.75, 3.05) is 5.73 Å². The molecule has 0 amide bonds. The van der Waals surface area contributed by atoms with Crippen LogP contribution in [0.15, 0.2) is 71.7 Å². The minimum atomic E-state index is -0.122. The smallest absolute Gasteiger partial charge is 0.255 e. The fourth-order valence-electron chi connectivity index (χ4n) is 2.27. The molecular weight excluding hydrogens is 274 g/mol. The summed E-state index contributed by atoms with van der Waals surface area (Å²) in [6.07, 6.45) is 1.78. The molecule has 0 spiro atoms. The summed E-state index contributed by atoms with van der Waals surface area (Å²) < 4.78 is 1.56. The SMILES string of the molecule is N#Cc1ccc(-c2ccc(=O)n(-c3cccc(N)c3)c2)cc1. The van der Waals surface area contributed by atoms with Gasteiger partial charge in [0.25, 0.3) is 5.56 Å². The Bertz CT molecular complexity index is 918. The summed E-state index contributed by atoms with van der Waals surface area (Å²) in [4.78, 5) is 12.1. The number of pyridine rings is 1. The van der Waals surface area contributed by atoms with E-state index >= 15 is 0 Å². The highest BCUT2D eigenvalue weighted by atomic mass is 16.1. The van der Waals surface area contributed by atoms with Gasteiger partial charge in [-0.05, 0) is 47.5 Å². The van der Waals surface area contributed by atoms with Gasteiger partial charge >= 0.3 is 0 Å². The van der Waals surface area contributed by atoms with Gasteiger partial charge in [0.1, 0.15) is 0 Å². The second kappa shape index (κ2) is 5.58. The van der Waals surface area contributed by atoms with Crippen LogP contribution in [0.4, 0.5) is 5.69 Å². The van der Waals surface area contributed by atoms with Gasteiger partial charge in [-0.25, -0.2) is 0 Å². The number of anilines is 1. The van der Waals surface area contributed by atoms with E-state index in [1.165, 1.54) is 6.07 Å². The van der Waals surface area contributed by atoms with Gasteiger partial charge in [-0.2, -0.15) is 5.26 Å². The Morgan fingerprint density at radius 1 is 0.955 bits per heavy atom. The largest absolute Gasteiger partial charge is 0.399 e. The summed E-state index contributed by atoms with van der Waals surface area (Å²) in [5, 5.41) is 8.85. The van der Waals surface area contributed by atoms with E-state index in [0.29, 0.717) is 11.3 Å². The van der Waals surface area contributed by atoms with Gasteiger partial charge in [-0.15, -0.1) is 0 Å². The van der Waals surface area contributed by atoms with Gasteiger partial charge < -0.3 is 5.73 Å². The molecular formula is C18H13N3O. The first-order valence-corrected chi connectivity index (χ1v) is 6.76. The molecule has 0 aliphatic carbocycles. The van der Waals surface area contributed by atoms with E-state index in [0.717, 1.165) is 16.8 Å². The Hall–Kier alpha value is -3.32. The maximum atomic E-state index is 12.1. The molecule has 4 nitrogen and oxygen atoms in total. The molecule has 0 unspecified atom stereocenters. The van der Waals surface area contributed by atoms with Crippen LogP contribution in [0.3, 0.4) is 0 Å². The van der Waals surface area contributed by atoms with Gasteiger partial charge in [-0.3, -0.25) is 9.36 Å². The highest BCUT2D eigenvalue weighted by Crippen LogP contribution is 2.20. The molecule has 22 heavy (non-hydrogen) atoms. The molecule has 1 aromatic heterocycles. The van der Waals surface area contributed by atoms with E-state index in [-0.39, 0.29) is 5.56 Å². The number of nitriles is 1. The summed E-state index contributed by atoms with van der Waals surface area (Å²) in [5.41, 5.74) is 9.43. The number of nitrogen functional groups attached to an aromatic ring is 1. The lowest BCUT2D eigenvalue weighted by Crippen LogP contribution is -2.16. The number of hydrogen-bond donors (Lipinski definition) is 1. The maximum Gasteiger partial charge on any atom is 0.255 e. The summed E-state index contributed by atoms with van der Waals surface area (Å²) in [6.45, 7) is 0.